The van der Waals surface area contributed by atoms with Crippen LogP contribution >= 0.6 is 11.8 Å². The molecule has 0 saturated carbocycles. The van der Waals surface area contributed by atoms with Gasteiger partial charge in [0.15, 0.2) is 0 Å². The van der Waals surface area contributed by atoms with Gasteiger partial charge in [-0.05, 0) is 50.6 Å². The Balaban J connectivity index is 2.07. The zero-order valence-corrected chi connectivity index (χ0v) is 15.7. The van der Waals surface area contributed by atoms with Crippen LogP contribution in [-0.4, -0.2) is 42.8 Å². The largest absolute Gasteiger partial charge is 0.338 e. The highest BCUT2D eigenvalue weighted by Gasteiger charge is 2.26. The van der Waals surface area contributed by atoms with E-state index in [0.29, 0.717) is 18.2 Å². The van der Waals surface area contributed by atoms with E-state index in [1.807, 2.05) is 69.9 Å². The molecule has 1 amide bonds. The van der Waals surface area contributed by atoms with Crippen molar-refractivity contribution in [2.24, 2.45) is 0 Å². The van der Waals surface area contributed by atoms with Gasteiger partial charge in [0, 0.05) is 13.1 Å². The molecular weight excluding hydrogens is 322 g/mol. The lowest BCUT2D eigenvalue weighted by atomic mass is 10.1. The fourth-order valence-corrected chi connectivity index (χ4v) is 3.35. The molecule has 2 rings (SSSR count). The Bertz CT molecular complexity index is 665. The van der Waals surface area contributed by atoms with Crippen molar-refractivity contribution >= 4 is 17.7 Å². The van der Waals surface area contributed by atoms with Crippen molar-refractivity contribution in [2.75, 3.05) is 6.54 Å². The van der Waals surface area contributed by atoms with Crippen LogP contribution in [0.5, 0.6) is 0 Å². The van der Waals surface area contributed by atoms with Gasteiger partial charge in [0.25, 0.3) is 0 Å². The number of hydrogen-bond donors (Lipinski definition) is 0. The zero-order chi connectivity index (χ0) is 17.7. The lowest BCUT2D eigenvalue weighted by Gasteiger charge is -2.25. The molecule has 130 valence electrons. The van der Waals surface area contributed by atoms with E-state index in [1.165, 1.54) is 11.8 Å². The minimum Gasteiger partial charge on any atom is -0.338 e. The second kappa shape index (κ2) is 7.79. The summed E-state index contributed by atoms with van der Waals surface area (Å²) in [5, 5.41) is 12.3. The average molecular weight is 347 g/mol. The lowest BCUT2D eigenvalue weighted by Crippen LogP contribution is -2.36. The molecule has 2 aromatic rings. The molecule has 1 heterocycles. The fraction of sp³-hybridized carbons (Fsp3) is 0.529. The number of nitrogens with zero attached hydrogens (tertiary/aromatic N) is 5. The van der Waals surface area contributed by atoms with Crippen molar-refractivity contribution in [3.63, 3.8) is 0 Å². The standard InChI is InChI=1S/C17H25N5OS/c1-6-21(12-14-10-8-7-9-11-14)15(23)13(2)24-16-18-19-20-22(16)17(3,4)5/h7-11,13H,6,12H2,1-5H3. The van der Waals surface area contributed by atoms with E-state index >= 15 is 0 Å². The van der Waals surface area contributed by atoms with Gasteiger partial charge in [-0.2, -0.15) is 0 Å². The quantitative estimate of drug-likeness (QED) is 0.752. The number of aromatic nitrogens is 4. The Morgan fingerprint density at radius 3 is 2.54 bits per heavy atom. The van der Waals surface area contributed by atoms with Crippen LogP contribution in [0.3, 0.4) is 0 Å². The first-order valence-corrected chi connectivity index (χ1v) is 8.99. The van der Waals surface area contributed by atoms with E-state index in [4.69, 9.17) is 0 Å². The summed E-state index contributed by atoms with van der Waals surface area (Å²) in [6.07, 6.45) is 0. The summed E-state index contributed by atoms with van der Waals surface area (Å²) < 4.78 is 1.76. The number of amides is 1. The predicted molar refractivity (Wildman–Crippen MR) is 95.7 cm³/mol. The highest BCUT2D eigenvalue weighted by atomic mass is 32.2. The van der Waals surface area contributed by atoms with Crippen LogP contribution in [0.15, 0.2) is 35.5 Å². The van der Waals surface area contributed by atoms with E-state index < -0.39 is 0 Å². The van der Waals surface area contributed by atoms with Crippen molar-refractivity contribution < 1.29 is 4.79 Å². The Morgan fingerprint density at radius 2 is 1.96 bits per heavy atom. The van der Waals surface area contributed by atoms with Gasteiger partial charge in [0.1, 0.15) is 0 Å². The molecule has 24 heavy (non-hydrogen) atoms. The average Bonchev–Trinajstić information content (AvgIpc) is 3.01. The molecular formula is C17H25N5OS. The number of carbonyl (C=O) groups excluding carboxylic acids is 1. The highest BCUT2D eigenvalue weighted by Crippen LogP contribution is 2.26. The summed E-state index contributed by atoms with van der Waals surface area (Å²) in [6.45, 7) is 11.3. The maximum absolute atomic E-state index is 12.8. The molecule has 0 fully saturated rings. The second-order valence-corrected chi connectivity index (χ2v) is 7.95. The van der Waals surface area contributed by atoms with Crippen LogP contribution in [0.1, 0.15) is 40.2 Å². The maximum atomic E-state index is 12.8. The SMILES string of the molecule is CCN(Cc1ccccc1)C(=O)C(C)Sc1nnnn1C(C)(C)C. The minimum atomic E-state index is -0.249. The van der Waals surface area contributed by atoms with E-state index in [1.54, 1.807) is 4.68 Å². The second-order valence-electron chi connectivity index (χ2n) is 6.64. The summed E-state index contributed by atoms with van der Waals surface area (Å²) in [5.41, 5.74) is 0.910. The van der Waals surface area contributed by atoms with Crippen molar-refractivity contribution in [2.45, 2.75) is 57.1 Å². The molecule has 7 heteroatoms. The topological polar surface area (TPSA) is 63.9 Å². The molecule has 0 N–H and O–H groups in total. The summed E-state index contributed by atoms with van der Waals surface area (Å²) in [5.74, 6) is 0.0924. The van der Waals surface area contributed by atoms with Crippen LogP contribution in [0.4, 0.5) is 0 Å². The normalized spacial score (nSPS) is 12.9. The molecule has 1 aromatic heterocycles. The molecule has 6 nitrogen and oxygen atoms in total. The number of benzene rings is 1. The summed E-state index contributed by atoms with van der Waals surface area (Å²) >= 11 is 1.40. The van der Waals surface area contributed by atoms with Crippen LogP contribution in [0.25, 0.3) is 0 Å². The third-order valence-corrected chi connectivity index (χ3v) is 4.64. The Hall–Kier alpha value is -1.89. The predicted octanol–water partition coefficient (Wildman–Crippen LogP) is 2.96. The van der Waals surface area contributed by atoms with Gasteiger partial charge in [0.2, 0.25) is 11.1 Å². The Morgan fingerprint density at radius 1 is 1.29 bits per heavy atom. The molecule has 0 aliphatic carbocycles. The van der Waals surface area contributed by atoms with Crippen molar-refractivity contribution in [3.05, 3.63) is 35.9 Å². The zero-order valence-electron chi connectivity index (χ0n) is 14.9. The Labute approximate surface area is 147 Å². The van der Waals surface area contributed by atoms with Gasteiger partial charge in [-0.25, -0.2) is 4.68 Å². The van der Waals surface area contributed by atoms with Gasteiger partial charge >= 0.3 is 0 Å². The van der Waals surface area contributed by atoms with Crippen LogP contribution in [0.2, 0.25) is 0 Å². The van der Waals surface area contributed by atoms with Gasteiger partial charge < -0.3 is 4.90 Å². The first-order valence-electron chi connectivity index (χ1n) is 8.11. The van der Waals surface area contributed by atoms with Gasteiger partial charge in [-0.15, -0.1) is 5.10 Å². The molecule has 0 bridgehead atoms. The summed E-state index contributed by atoms with van der Waals surface area (Å²) in [6, 6.07) is 10.0. The van der Waals surface area contributed by atoms with Crippen molar-refractivity contribution in [3.8, 4) is 0 Å². The number of tetrazole rings is 1. The summed E-state index contributed by atoms with van der Waals surface area (Å²) in [7, 11) is 0. The highest BCUT2D eigenvalue weighted by molar-refractivity contribution is 8.00. The van der Waals surface area contributed by atoms with Crippen molar-refractivity contribution in [1.82, 2.24) is 25.1 Å². The first-order chi connectivity index (χ1) is 11.3. The molecule has 0 saturated heterocycles. The molecule has 0 spiro atoms. The minimum absolute atomic E-state index is 0.0924. The number of rotatable bonds is 6. The van der Waals surface area contributed by atoms with Crippen LogP contribution < -0.4 is 0 Å². The van der Waals surface area contributed by atoms with Gasteiger partial charge in [-0.1, -0.05) is 42.1 Å². The molecule has 0 aliphatic rings. The molecule has 1 atom stereocenters. The Kier molecular flexibility index (Phi) is 5.99. The number of hydrogen-bond acceptors (Lipinski definition) is 5. The monoisotopic (exact) mass is 347 g/mol. The number of carbonyl (C=O) groups is 1. The molecule has 0 aliphatic heterocycles. The fourth-order valence-electron chi connectivity index (χ4n) is 2.29. The third kappa shape index (κ3) is 4.56. The van der Waals surface area contributed by atoms with E-state index in [9.17, 15) is 4.79 Å². The van der Waals surface area contributed by atoms with Gasteiger partial charge in [-0.3, -0.25) is 4.79 Å². The third-order valence-electron chi connectivity index (χ3n) is 3.62. The van der Waals surface area contributed by atoms with Crippen LogP contribution in [0, 0.1) is 0 Å². The molecule has 0 radical (unpaired) electrons. The smallest absolute Gasteiger partial charge is 0.236 e. The van der Waals surface area contributed by atoms with Gasteiger partial charge in [0.05, 0.1) is 10.8 Å². The molecule has 1 aromatic carbocycles. The number of thioether (sulfide) groups is 1. The maximum Gasteiger partial charge on any atom is 0.236 e. The lowest BCUT2D eigenvalue weighted by molar-refractivity contribution is -0.130. The van der Waals surface area contributed by atoms with E-state index in [-0.39, 0.29) is 16.7 Å². The summed E-state index contributed by atoms with van der Waals surface area (Å²) in [4.78, 5) is 14.7. The molecule has 1 unspecified atom stereocenters. The van der Waals surface area contributed by atoms with Crippen molar-refractivity contribution in [1.29, 1.82) is 0 Å². The first kappa shape index (κ1) is 18.4. The van der Waals surface area contributed by atoms with E-state index in [2.05, 4.69) is 15.5 Å². The van der Waals surface area contributed by atoms with Crippen LogP contribution in [-0.2, 0) is 16.9 Å². The van der Waals surface area contributed by atoms with E-state index in [0.717, 1.165) is 5.56 Å².